The molecule has 0 unspecified atom stereocenters. The van der Waals surface area contributed by atoms with Crippen LogP contribution in [0, 0.1) is 0 Å². The van der Waals surface area contributed by atoms with Crippen molar-refractivity contribution in [1.29, 1.82) is 0 Å². The molecule has 1 atom stereocenters. The molecular weight excluding hydrogens is 380 g/mol. The minimum Gasteiger partial charge on any atom is -0.452 e. The van der Waals surface area contributed by atoms with Gasteiger partial charge < -0.3 is 14.8 Å². The number of anilines is 1. The Labute approximate surface area is 168 Å². The summed E-state index contributed by atoms with van der Waals surface area (Å²) < 4.78 is 33.4. The van der Waals surface area contributed by atoms with E-state index < -0.39 is 25.1 Å². The molecule has 0 saturated carbocycles. The lowest BCUT2D eigenvalue weighted by Gasteiger charge is -2.15. The van der Waals surface area contributed by atoms with Gasteiger partial charge in [-0.2, -0.15) is 8.78 Å². The van der Waals surface area contributed by atoms with Crippen LogP contribution in [0.15, 0.2) is 54.6 Å². The van der Waals surface area contributed by atoms with Gasteiger partial charge in [0.1, 0.15) is 5.75 Å². The fourth-order valence-corrected chi connectivity index (χ4v) is 2.56. The molecule has 0 saturated heterocycles. The molecule has 154 valence electrons. The Hall–Kier alpha value is -3.22. The Morgan fingerprint density at radius 1 is 1.10 bits per heavy atom. The normalized spacial score (nSPS) is 12.0. The van der Waals surface area contributed by atoms with Gasteiger partial charge >= 0.3 is 12.6 Å². The Kier molecular flexibility index (Phi) is 8.33. The van der Waals surface area contributed by atoms with Crippen LogP contribution in [-0.2, 0) is 14.3 Å². The van der Waals surface area contributed by atoms with Crippen molar-refractivity contribution < 1.29 is 27.8 Å². The number of ether oxygens (including phenoxy) is 2. The average Bonchev–Trinajstić information content (AvgIpc) is 2.71. The van der Waals surface area contributed by atoms with Crippen molar-refractivity contribution in [2.45, 2.75) is 32.8 Å². The van der Waals surface area contributed by atoms with Crippen LogP contribution in [0.1, 0.15) is 37.3 Å². The van der Waals surface area contributed by atoms with Gasteiger partial charge in [-0.05, 0) is 47.7 Å². The summed E-state index contributed by atoms with van der Waals surface area (Å²) in [6, 6.07) is 13.2. The number of nitrogens with one attached hydrogen (secondary N) is 1. The first-order valence-electron chi connectivity index (χ1n) is 9.17. The molecule has 2 rings (SSSR count). The van der Waals surface area contributed by atoms with Crippen molar-refractivity contribution in [3.63, 3.8) is 0 Å². The smallest absolute Gasteiger partial charge is 0.387 e. The molecule has 0 aliphatic rings. The number of para-hydroxylation sites is 1. The van der Waals surface area contributed by atoms with Gasteiger partial charge in [0.05, 0.1) is 0 Å². The molecule has 1 amide bonds. The van der Waals surface area contributed by atoms with Crippen molar-refractivity contribution in [3.05, 3.63) is 65.7 Å². The molecule has 29 heavy (non-hydrogen) atoms. The van der Waals surface area contributed by atoms with Crippen molar-refractivity contribution in [2.24, 2.45) is 0 Å². The number of amides is 1. The zero-order valence-corrected chi connectivity index (χ0v) is 16.2. The van der Waals surface area contributed by atoms with Crippen LogP contribution >= 0.6 is 0 Å². The van der Waals surface area contributed by atoms with E-state index in [0.29, 0.717) is 11.3 Å². The largest absolute Gasteiger partial charge is 0.452 e. The zero-order chi connectivity index (χ0) is 21.2. The lowest BCUT2D eigenvalue weighted by Crippen LogP contribution is -2.21. The first-order valence-corrected chi connectivity index (χ1v) is 9.17. The van der Waals surface area contributed by atoms with Gasteiger partial charge in [0.25, 0.3) is 5.91 Å². The summed E-state index contributed by atoms with van der Waals surface area (Å²) in [5.74, 6) is -0.817. The Morgan fingerprint density at radius 2 is 1.79 bits per heavy atom. The lowest BCUT2D eigenvalue weighted by atomic mass is 9.97. The average molecular weight is 403 g/mol. The van der Waals surface area contributed by atoms with Gasteiger partial charge in [0.2, 0.25) is 0 Å². The highest BCUT2D eigenvalue weighted by atomic mass is 19.3. The third-order valence-corrected chi connectivity index (χ3v) is 4.24. The highest BCUT2D eigenvalue weighted by Crippen LogP contribution is 2.26. The molecule has 0 radical (unpaired) electrons. The van der Waals surface area contributed by atoms with E-state index in [1.807, 2.05) is 24.3 Å². The molecule has 0 fully saturated rings. The van der Waals surface area contributed by atoms with Crippen LogP contribution in [0.2, 0.25) is 0 Å². The molecule has 0 aliphatic carbocycles. The minimum absolute atomic E-state index is 0.0223. The van der Waals surface area contributed by atoms with E-state index in [1.54, 1.807) is 0 Å². The minimum atomic E-state index is -2.89. The van der Waals surface area contributed by atoms with Crippen molar-refractivity contribution in [1.82, 2.24) is 0 Å². The van der Waals surface area contributed by atoms with Gasteiger partial charge in [-0.15, -0.1) is 0 Å². The van der Waals surface area contributed by atoms with Crippen LogP contribution in [0.3, 0.4) is 0 Å². The highest BCUT2D eigenvalue weighted by Gasteiger charge is 2.12. The van der Waals surface area contributed by atoms with E-state index in [9.17, 15) is 18.4 Å². The predicted molar refractivity (Wildman–Crippen MR) is 107 cm³/mol. The predicted octanol–water partition coefficient (Wildman–Crippen LogP) is 5.00. The van der Waals surface area contributed by atoms with Gasteiger partial charge in [-0.1, -0.05) is 44.2 Å². The first kappa shape index (κ1) is 22.1. The van der Waals surface area contributed by atoms with Crippen LogP contribution in [0.25, 0.3) is 6.08 Å². The molecule has 5 nitrogen and oxygen atoms in total. The molecule has 7 heteroatoms. The van der Waals surface area contributed by atoms with Crippen molar-refractivity contribution in [3.8, 4) is 5.75 Å². The molecule has 0 bridgehead atoms. The van der Waals surface area contributed by atoms with Crippen LogP contribution in [0.5, 0.6) is 5.75 Å². The lowest BCUT2D eigenvalue weighted by molar-refractivity contribution is -0.142. The third-order valence-electron chi connectivity index (χ3n) is 4.24. The second-order valence-corrected chi connectivity index (χ2v) is 6.33. The summed E-state index contributed by atoms with van der Waals surface area (Å²) in [5.41, 5.74) is 2.31. The van der Waals surface area contributed by atoms with E-state index in [2.05, 4.69) is 23.9 Å². The third kappa shape index (κ3) is 7.37. The van der Waals surface area contributed by atoms with Crippen LogP contribution in [0.4, 0.5) is 14.5 Å². The molecule has 1 N–H and O–H groups in total. The Morgan fingerprint density at radius 3 is 2.45 bits per heavy atom. The van der Waals surface area contributed by atoms with Crippen LogP contribution in [-0.4, -0.2) is 25.1 Å². The van der Waals surface area contributed by atoms with Crippen LogP contribution < -0.4 is 10.1 Å². The highest BCUT2D eigenvalue weighted by molar-refractivity contribution is 5.95. The van der Waals surface area contributed by atoms with Gasteiger partial charge in [-0.25, -0.2) is 4.79 Å². The second kappa shape index (κ2) is 10.9. The number of esters is 1. The van der Waals surface area contributed by atoms with E-state index in [-0.39, 0.29) is 11.7 Å². The molecule has 0 spiro atoms. The molecule has 0 aromatic heterocycles. The second-order valence-electron chi connectivity index (χ2n) is 6.33. The van der Waals surface area contributed by atoms with E-state index in [4.69, 9.17) is 4.74 Å². The Balaban J connectivity index is 1.84. The summed E-state index contributed by atoms with van der Waals surface area (Å²) in [6.07, 6.45) is 3.54. The summed E-state index contributed by atoms with van der Waals surface area (Å²) in [4.78, 5) is 23.9. The summed E-state index contributed by atoms with van der Waals surface area (Å²) >= 11 is 0. The summed E-state index contributed by atoms with van der Waals surface area (Å²) in [6.45, 7) is 0.826. The van der Waals surface area contributed by atoms with Gasteiger partial charge in [0.15, 0.2) is 6.61 Å². The zero-order valence-electron chi connectivity index (χ0n) is 16.2. The molecule has 0 aliphatic heterocycles. The van der Waals surface area contributed by atoms with E-state index in [0.717, 1.165) is 18.1 Å². The number of alkyl halides is 2. The number of benzene rings is 2. The maximum absolute atomic E-state index is 12.1. The summed E-state index contributed by atoms with van der Waals surface area (Å²) in [5, 5.41) is 2.76. The van der Waals surface area contributed by atoms with Crippen molar-refractivity contribution in [2.75, 3.05) is 11.9 Å². The SMILES string of the molecule is CC[C@@H](C)c1ccccc1NC(=O)COC(=O)/C=C/c1ccc(OC(F)F)cc1. The van der Waals surface area contributed by atoms with Crippen molar-refractivity contribution >= 4 is 23.6 Å². The summed E-state index contributed by atoms with van der Waals surface area (Å²) in [7, 11) is 0. The van der Waals surface area contributed by atoms with E-state index >= 15 is 0 Å². The number of carbonyl (C=O) groups is 2. The number of halogens is 2. The number of hydrogen-bond donors (Lipinski definition) is 1. The maximum Gasteiger partial charge on any atom is 0.387 e. The first-order chi connectivity index (χ1) is 13.9. The molecule has 0 heterocycles. The number of hydrogen-bond acceptors (Lipinski definition) is 4. The number of rotatable bonds is 9. The van der Waals surface area contributed by atoms with Gasteiger partial charge in [0, 0.05) is 11.8 Å². The maximum atomic E-state index is 12.1. The molecule has 2 aromatic carbocycles. The quantitative estimate of drug-likeness (QED) is 0.473. The molecular formula is C22H23F2NO4. The van der Waals surface area contributed by atoms with E-state index in [1.165, 1.54) is 30.3 Å². The Bertz CT molecular complexity index is 850. The van der Waals surface area contributed by atoms with Gasteiger partial charge in [-0.3, -0.25) is 4.79 Å². The monoisotopic (exact) mass is 403 g/mol. The fourth-order valence-electron chi connectivity index (χ4n) is 2.56. The number of carbonyl (C=O) groups excluding carboxylic acids is 2. The topological polar surface area (TPSA) is 64.6 Å². The molecule has 2 aromatic rings. The standard InChI is InChI=1S/C22H23F2NO4/c1-3-15(2)18-6-4-5-7-19(18)25-20(26)14-28-21(27)13-10-16-8-11-17(12-9-16)29-22(23)24/h4-13,15,22H,3,14H2,1-2H3,(H,25,26)/b13-10+/t15-/m1/s1. The fraction of sp³-hybridized carbons (Fsp3) is 0.273.